The van der Waals surface area contributed by atoms with Crippen molar-refractivity contribution < 1.29 is 0 Å². The molecule has 1 aromatic carbocycles. The van der Waals surface area contributed by atoms with Crippen LogP contribution in [0.25, 0.3) is 0 Å². The lowest BCUT2D eigenvalue weighted by Crippen LogP contribution is -2.50. The normalized spacial score (nSPS) is 21.6. The summed E-state index contributed by atoms with van der Waals surface area (Å²) in [4.78, 5) is 14.3. The Hall–Kier alpha value is -1.56. The molecule has 2 unspecified atom stereocenters. The molecule has 1 N–H and O–H groups in total. The number of fused-ring (bicyclic) bond motifs is 4. The fraction of sp³-hybridized carbons (Fsp3) is 0.333. The molecule has 25 heavy (non-hydrogen) atoms. The molecule has 3 heterocycles. The van der Waals surface area contributed by atoms with E-state index in [1.807, 2.05) is 10.6 Å². The Morgan fingerprint density at radius 1 is 1.12 bits per heavy atom. The van der Waals surface area contributed by atoms with E-state index >= 15 is 0 Å². The van der Waals surface area contributed by atoms with E-state index in [0.29, 0.717) is 27.0 Å². The highest BCUT2D eigenvalue weighted by Crippen LogP contribution is 2.35. The molecule has 2 aliphatic rings. The van der Waals surface area contributed by atoms with Crippen molar-refractivity contribution >= 4 is 46.2 Å². The Labute approximate surface area is 161 Å². The Morgan fingerprint density at radius 3 is 2.64 bits per heavy atom. The summed E-state index contributed by atoms with van der Waals surface area (Å²) in [6.07, 6.45) is 1.10. The van der Waals surface area contributed by atoms with Crippen LogP contribution >= 0.6 is 35.4 Å². The summed E-state index contributed by atoms with van der Waals surface area (Å²) in [5.74, 6) is 0.748. The Bertz CT molecular complexity index is 878. The number of nitrogens with zero attached hydrogens (tertiary/aromatic N) is 2. The van der Waals surface area contributed by atoms with Gasteiger partial charge >= 0.3 is 0 Å². The zero-order valence-electron chi connectivity index (χ0n) is 13.4. The van der Waals surface area contributed by atoms with Gasteiger partial charge in [0.15, 0.2) is 5.11 Å². The zero-order valence-corrected chi connectivity index (χ0v) is 15.7. The lowest BCUT2D eigenvalue weighted by molar-refractivity contribution is 0.180. The number of likely N-dealkylation sites (tertiary alicyclic amines) is 1. The number of hydrogen-bond donors (Lipinski definition) is 1. The highest BCUT2D eigenvalue weighted by molar-refractivity contribution is 7.80. The van der Waals surface area contributed by atoms with Crippen molar-refractivity contribution in [2.24, 2.45) is 5.92 Å². The van der Waals surface area contributed by atoms with E-state index in [2.05, 4.69) is 16.3 Å². The highest BCUT2D eigenvalue weighted by atomic mass is 35.5. The average molecular weight is 394 g/mol. The second-order valence-corrected chi connectivity index (χ2v) is 7.95. The van der Waals surface area contributed by atoms with Gasteiger partial charge < -0.3 is 14.8 Å². The Kier molecular flexibility index (Phi) is 4.48. The molecule has 0 saturated carbocycles. The third-order valence-electron chi connectivity index (χ3n) is 4.88. The molecular formula is C18H17Cl2N3OS. The summed E-state index contributed by atoms with van der Waals surface area (Å²) >= 11 is 17.7. The quantitative estimate of drug-likeness (QED) is 0.743. The fourth-order valence-corrected chi connectivity index (χ4v) is 4.68. The summed E-state index contributed by atoms with van der Waals surface area (Å²) in [5.41, 5.74) is 1.99. The number of rotatable bonds is 1. The van der Waals surface area contributed by atoms with Gasteiger partial charge in [-0.2, -0.15) is 0 Å². The number of benzene rings is 1. The van der Waals surface area contributed by atoms with E-state index in [4.69, 9.17) is 35.4 Å². The molecule has 2 bridgehead atoms. The first-order valence-corrected chi connectivity index (χ1v) is 9.38. The maximum Gasteiger partial charge on any atom is 0.250 e. The van der Waals surface area contributed by atoms with Crippen LogP contribution < -0.4 is 10.9 Å². The van der Waals surface area contributed by atoms with E-state index in [0.717, 1.165) is 37.4 Å². The molecule has 2 atom stereocenters. The van der Waals surface area contributed by atoms with Crippen LogP contribution in [0.3, 0.4) is 0 Å². The molecule has 4 rings (SSSR count). The third-order valence-corrected chi connectivity index (χ3v) is 5.68. The number of anilines is 1. The van der Waals surface area contributed by atoms with Gasteiger partial charge in [0.2, 0.25) is 0 Å². The largest absolute Gasteiger partial charge is 0.348 e. The number of pyridine rings is 1. The third kappa shape index (κ3) is 3.41. The van der Waals surface area contributed by atoms with Crippen LogP contribution in [-0.4, -0.2) is 27.7 Å². The number of hydrogen-bond acceptors (Lipinski definition) is 2. The zero-order chi connectivity index (χ0) is 17.6. The van der Waals surface area contributed by atoms with Crippen LogP contribution in [0.1, 0.15) is 18.0 Å². The van der Waals surface area contributed by atoms with Crippen molar-refractivity contribution in [2.45, 2.75) is 18.9 Å². The summed E-state index contributed by atoms with van der Waals surface area (Å²) in [6.45, 7) is 2.41. The molecular weight excluding hydrogens is 377 g/mol. The second kappa shape index (κ2) is 6.63. The van der Waals surface area contributed by atoms with Crippen molar-refractivity contribution in [3.8, 4) is 0 Å². The molecule has 0 amide bonds. The minimum absolute atomic E-state index is 0.0925. The second-order valence-electron chi connectivity index (χ2n) is 6.69. The lowest BCUT2D eigenvalue weighted by Gasteiger charge is -2.43. The number of thiocarbonyl (C=S) groups is 1. The minimum Gasteiger partial charge on any atom is -0.348 e. The standard InChI is InChI=1S/C18H17Cl2N3OS/c19-13-5-14(20)7-15(6-13)21-18(25)22-8-11-4-12(10-22)16-2-1-3-17(24)23(16)9-11/h1-3,5-7,11-12H,4,8-10H2,(H,21,25). The van der Waals surface area contributed by atoms with Gasteiger partial charge in [0.05, 0.1) is 0 Å². The molecule has 0 radical (unpaired) electrons. The van der Waals surface area contributed by atoms with Crippen molar-refractivity contribution in [3.63, 3.8) is 0 Å². The van der Waals surface area contributed by atoms with Crippen molar-refractivity contribution in [1.82, 2.24) is 9.47 Å². The smallest absolute Gasteiger partial charge is 0.250 e. The van der Waals surface area contributed by atoms with Gasteiger partial charge in [0.25, 0.3) is 5.56 Å². The first-order valence-electron chi connectivity index (χ1n) is 8.21. The van der Waals surface area contributed by atoms with Crippen LogP contribution in [0.15, 0.2) is 41.2 Å². The number of piperidine rings is 1. The van der Waals surface area contributed by atoms with Gasteiger partial charge in [-0.1, -0.05) is 29.3 Å². The topological polar surface area (TPSA) is 37.3 Å². The molecule has 130 valence electrons. The van der Waals surface area contributed by atoms with Crippen molar-refractivity contribution in [3.05, 3.63) is 62.5 Å². The van der Waals surface area contributed by atoms with E-state index in [-0.39, 0.29) is 5.56 Å². The van der Waals surface area contributed by atoms with Gasteiger partial charge in [0, 0.05) is 53.0 Å². The summed E-state index contributed by atoms with van der Waals surface area (Å²) in [5, 5.41) is 5.05. The first-order chi connectivity index (χ1) is 12.0. The minimum atomic E-state index is 0.0925. The van der Waals surface area contributed by atoms with Gasteiger partial charge in [0.1, 0.15) is 0 Å². The van der Waals surface area contributed by atoms with Crippen LogP contribution in [0, 0.1) is 5.92 Å². The molecule has 1 fully saturated rings. The lowest BCUT2D eigenvalue weighted by atomic mass is 9.83. The maximum absolute atomic E-state index is 12.1. The number of halogens is 2. The summed E-state index contributed by atoms with van der Waals surface area (Å²) in [6, 6.07) is 10.8. The van der Waals surface area contributed by atoms with E-state index in [9.17, 15) is 4.79 Å². The summed E-state index contributed by atoms with van der Waals surface area (Å²) < 4.78 is 1.92. The molecule has 1 saturated heterocycles. The SMILES string of the molecule is O=c1cccc2n1CC1CC2CN(C(=S)Nc2cc(Cl)cc(Cl)c2)C1. The fourth-order valence-electron chi connectivity index (χ4n) is 3.89. The van der Waals surface area contributed by atoms with Crippen LogP contribution in [0.4, 0.5) is 5.69 Å². The highest BCUT2D eigenvalue weighted by Gasteiger charge is 2.35. The molecule has 7 heteroatoms. The molecule has 2 aliphatic heterocycles. The van der Waals surface area contributed by atoms with E-state index < -0.39 is 0 Å². The van der Waals surface area contributed by atoms with Gasteiger partial charge in [-0.15, -0.1) is 0 Å². The monoisotopic (exact) mass is 393 g/mol. The molecule has 2 aromatic rings. The van der Waals surface area contributed by atoms with Gasteiger partial charge in [-0.3, -0.25) is 4.79 Å². The van der Waals surface area contributed by atoms with Crippen molar-refractivity contribution in [1.29, 1.82) is 0 Å². The predicted molar refractivity (Wildman–Crippen MR) is 106 cm³/mol. The molecule has 1 aromatic heterocycles. The van der Waals surface area contributed by atoms with E-state index in [1.165, 1.54) is 0 Å². The van der Waals surface area contributed by atoms with Crippen molar-refractivity contribution in [2.75, 3.05) is 18.4 Å². The molecule has 0 aliphatic carbocycles. The number of aromatic nitrogens is 1. The van der Waals surface area contributed by atoms with Crippen LogP contribution in [0.2, 0.25) is 10.0 Å². The Balaban J connectivity index is 1.53. The molecule has 4 nitrogen and oxygen atoms in total. The predicted octanol–water partition coefficient (Wildman–Crippen LogP) is 3.97. The average Bonchev–Trinajstić information content (AvgIpc) is 2.55. The van der Waals surface area contributed by atoms with Gasteiger partial charge in [-0.05, 0) is 48.8 Å². The summed E-state index contributed by atoms with van der Waals surface area (Å²) in [7, 11) is 0. The van der Waals surface area contributed by atoms with Crippen LogP contribution in [0.5, 0.6) is 0 Å². The van der Waals surface area contributed by atoms with E-state index in [1.54, 1.807) is 24.3 Å². The first kappa shape index (κ1) is 16.9. The van der Waals surface area contributed by atoms with Crippen LogP contribution in [-0.2, 0) is 6.54 Å². The molecule has 0 spiro atoms. The number of nitrogens with one attached hydrogen (secondary N) is 1. The maximum atomic E-state index is 12.1. The van der Waals surface area contributed by atoms with Gasteiger partial charge in [-0.25, -0.2) is 0 Å². The Morgan fingerprint density at radius 2 is 1.88 bits per heavy atom.